The van der Waals surface area contributed by atoms with Crippen molar-refractivity contribution in [1.29, 1.82) is 0 Å². The number of morpholine rings is 1. The first kappa shape index (κ1) is 15.4. The maximum absolute atomic E-state index is 6.15. The van der Waals surface area contributed by atoms with Crippen LogP contribution in [-0.4, -0.2) is 36.7 Å². The summed E-state index contributed by atoms with van der Waals surface area (Å²) >= 11 is 6.15. The number of nitrogens with one attached hydrogen (secondary N) is 1. The smallest absolute Gasteiger partial charge is 0.258 e. The highest BCUT2D eigenvalue weighted by Gasteiger charge is 2.24. The van der Waals surface area contributed by atoms with E-state index in [0.29, 0.717) is 47.0 Å². The van der Waals surface area contributed by atoms with Gasteiger partial charge in [-0.05, 0) is 12.1 Å². The predicted molar refractivity (Wildman–Crippen MR) is 79.7 cm³/mol. The third-order valence-corrected chi connectivity index (χ3v) is 3.63. The van der Waals surface area contributed by atoms with Crippen molar-refractivity contribution in [1.82, 2.24) is 15.5 Å². The Kier molecular flexibility index (Phi) is 4.39. The Balaban J connectivity index is 0.00000144. The molecule has 2 aliphatic rings. The van der Waals surface area contributed by atoms with E-state index >= 15 is 0 Å². The van der Waals surface area contributed by atoms with Gasteiger partial charge in [0.05, 0.1) is 24.3 Å². The maximum atomic E-state index is 6.15. The molecule has 4 rings (SSSR count). The van der Waals surface area contributed by atoms with Gasteiger partial charge in [0.15, 0.2) is 17.3 Å². The number of hydrogen-bond donors (Lipinski definition) is 1. The van der Waals surface area contributed by atoms with Crippen LogP contribution in [-0.2, 0) is 4.74 Å². The van der Waals surface area contributed by atoms with Gasteiger partial charge in [-0.1, -0.05) is 16.8 Å². The number of nitrogens with zero attached hydrogens (tertiary/aromatic N) is 2. The molecule has 0 saturated carbocycles. The van der Waals surface area contributed by atoms with E-state index < -0.39 is 0 Å². The van der Waals surface area contributed by atoms with Gasteiger partial charge < -0.3 is 24.1 Å². The fourth-order valence-electron chi connectivity index (χ4n) is 2.32. The van der Waals surface area contributed by atoms with Gasteiger partial charge in [0, 0.05) is 12.1 Å². The Morgan fingerprint density at radius 2 is 2.18 bits per heavy atom. The number of hydrogen-bond acceptors (Lipinski definition) is 7. The summed E-state index contributed by atoms with van der Waals surface area (Å²) in [5.41, 5.74) is 0.694. The van der Waals surface area contributed by atoms with Crippen molar-refractivity contribution >= 4 is 24.0 Å². The molecule has 1 fully saturated rings. The first-order valence-electron chi connectivity index (χ1n) is 6.55. The van der Waals surface area contributed by atoms with Crippen molar-refractivity contribution in [2.45, 2.75) is 6.04 Å². The standard InChI is InChI=1S/C13H12ClN3O4.ClH/c14-8-3-7(4-10-11(8)20-6-19-10)13-16-12(17-21-13)9-5-18-2-1-15-9;/h3-4,9,15H,1-2,5-6H2;1H. The van der Waals surface area contributed by atoms with Gasteiger partial charge in [0.25, 0.3) is 5.89 Å². The minimum atomic E-state index is -0.0549. The Hall–Kier alpha value is -1.54. The Morgan fingerprint density at radius 3 is 3.00 bits per heavy atom. The van der Waals surface area contributed by atoms with Crippen molar-refractivity contribution in [3.05, 3.63) is 23.0 Å². The van der Waals surface area contributed by atoms with Crippen LogP contribution in [0.25, 0.3) is 11.5 Å². The monoisotopic (exact) mass is 345 g/mol. The summed E-state index contributed by atoms with van der Waals surface area (Å²) in [5, 5.41) is 7.73. The number of ether oxygens (including phenoxy) is 3. The molecular weight excluding hydrogens is 333 g/mol. The largest absolute Gasteiger partial charge is 0.454 e. The van der Waals surface area contributed by atoms with Crippen molar-refractivity contribution in [3.63, 3.8) is 0 Å². The lowest BCUT2D eigenvalue weighted by molar-refractivity contribution is 0.0734. The zero-order chi connectivity index (χ0) is 14.2. The van der Waals surface area contributed by atoms with Gasteiger partial charge in [-0.2, -0.15) is 4.98 Å². The van der Waals surface area contributed by atoms with Crippen LogP contribution in [0.2, 0.25) is 5.02 Å². The molecule has 1 saturated heterocycles. The Labute approximate surface area is 137 Å². The normalized spacial score (nSPS) is 19.8. The highest BCUT2D eigenvalue weighted by molar-refractivity contribution is 6.32. The summed E-state index contributed by atoms with van der Waals surface area (Å²) in [7, 11) is 0. The minimum absolute atomic E-state index is 0. The lowest BCUT2D eigenvalue weighted by Crippen LogP contribution is -2.35. The SMILES string of the molecule is Cl.Clc1cc(-c2nc(C3COCCN3)no2)cc2c1OCO2. The first-order chi connectivity index (χ1) is 10.3. The molecule has 0 spiro atoms. The van der Waals surface area contributed by atoms with Gasteiger partial charge in [0.1, 0.15) is 0 Å². The summed E-state index contributed by atoms with van der Waals surface area (Å²) in [4.78, 5) is 4.40. The topological polar surface area (TPSA) is 78.6 Å². The summed E-state index contributed by atoms with van der Waals surface area (Å²) in [6.45, 7) is 2.15. The zero-order valence-electron chi connectivity index (χ0n) is 11.4. The van der Waals surface area contributed by atoms with Crippen LogP contribution < -0.4 is 14.8 Å². The molecule has 2 aliphatic heterocycles. The summed E-state index contributed by atoms with van der Waals surface area (Å²) < 4.78 is 21.3. The van der Waals surface area contributed by atoms with Gasteiger partial charge in [0.2, 0.25) is 6.79 Å². The van der Waals surface area contributed by atoms with Gasteiger partial charge in [-0.3, -0.25) is 0 Å². The molecule has 1 atom stereocenters. The van der Waals surface area contributed by atoms with Crippen LogP contribution in [0.3, 0.4) is 0 Å². The van der Waals surface area contributed by atoms with Crippen LogP contribution >= 0.6 is 24.0 Å². The molecule has 1 aromatic carbocycles. The molecule has 1 N–H and O–H groups in total. The number of fused-ring (bicyclic) bond motifs is 1. The van der Waals surface area contributed by atoms with E-state index in [0.717, 1.165) is 6.54 Å². The number of aromatic nitrogens is 2. The summed E-state index contributed by atoms with van der Waals surface area (Å²) in [5.74, 6) is 2.08. The van der Waals surface area contributed by atoms with Crippen LogP contribution in [0, 0.1) is 0 Å². The molecule has 2 aromatic rings. The van der Waals surface area contributed by atoms with Gasteiger partial charge >= 0.3 is 0 Å². The second kappa shape index (κ2) is 6.29. The van der Waals surface area contributed by atoms with E-state index in [-0.39, 0.29) is 25.2 Å². The van der Waals surface area contributed by atoms with Crippen LogP contribution in [0.4, 0.5) is 0 Å². The van der Waals surface area contributed by atoms with Crippen molar-refractivity contribution in [2.24, 2.45) is 0 Å². The minimum Gasteiger partial charge on any atom is -0.454 e. The third kappa shape index (κ3) is 2.72. The average molecular weight is 346 g/mol. The van der Waals surface area contributed by atoms with E-state index in [2.05, 4.69) is 15.5 Å². The second-order valence-corrected chi connectivity index (χ2v) is 5.14. The lowest BCUT2D eigenvalue weighted by atomic mass is 10.2. The summed E-state index contributed by atoms with van der Waals surface area (Å²) in [6, 6.07) is 3.44. The van der Waals surface area contributed by atoms with Crippen LogP contribution in [0.15, 0.2) is 16.7 Å². The maximum Gasteiger partial charge on any atom is 0.258 e. The highest BCUT2D eigenvalue weighted by Crippen LogP contribution is 2.42. The van der Waals surface area contributed by atoms with E-state index in [4.69, 9.17) is 30.3 Å². The number of halogens is 2. The predicted octanol–water partition coefficient (Wildman–Crippen LogP) is 2.20. The molecular formula is C13H13Cl2N3O4. The molecule has 22 heavy (non-hydrogen) atoms. The van der Waals surface area contributed by atoms with Crippen molar-refractivity contribution < 1.29 is 18.7 Å². The highest BCUT2D eigenvalue weighted by atomic mass is 35.5. The van der Waals surface area contributed by atoms with E-state index in [1.807, 2.05) is 0 Å². The summed E-state index contributed by atoms with van der Waals surface area (Å²) in [6.07, 6.45) is 0. The average Bonchev–Trinajstić information content (AvgIpc) is 3.17. The molecule has 1 unspecified atom stereocenters. The fraction of sp³-hybridized carbons (Fsp3) is 0.385. The quantitative estimate of drug-likeness (QED) is 0.893. The Morgan fingerprint density at radius 1 is 1.27 bits per heavy atom. The molecule has 9 heteroatoms. The number of rotatable bonds is 2. The van der Waals surface area contributed by atoms with Crippen LogP contribution in [0.1, 0.15) is 11.9 Å². The molecule has 0 bridgehead atoms. The van der Waals surface area contributed by atoms with E-state index in [1.54, 1.807) is 12.1 Å². The molecule has 3 heterocycles. The molecule has 0 aliphatic carbocycles. The van der Waals surface area contributed by atoms with Gasteiger partial charge in [-0.25, -0.2) is 0 Å². The van der Waals surface area contributed by atoms with Crippen molar-refractivity contribution in [3.8, 4) is 23.0 Å². The number of benzene rings is 1. The lowest BCUT2D eigenvalue weighted by Gasteiger charge is -2.20. The molecule has 0 radical (unpaired) electrons. The molecule has 118 valence electrons. The van der Waals surface area contributed by atoms with Crippen molar-refractivity contribution in [2.75, 3.05) is 26.6 Å². The van der Waals surface area contributed by atoms with E-state index in [1.165, 1.54) is 0 Å². The second-order valence-electron chi connectivity index (χ2n) is 4.73. The van der Waals surface area contributed by atoms with E-state index in [9.17, 15) is 0 Å². The fourth-order valence-corrected chi connectivity index (χ4v) is 2.58. The molecule has 1 aromatic heterocycles. The first-order valence-corrected chi connectivity index (χ1v) is 6.93. The third-order valence-electron chi connectivity index (χ3n) is 3.35. The zero-order valence-corrected chi connectivity index (χ0v) is 12.9. The Bertz CT molecular complexity index is 673. The van der Waals surface area contributed by atoms with Gasteiger partial charge in [-0.15, -0.1) is 12.4 Å². The molecule has 0 amide bonds. The van der Waals surface area contributed by atoms with Crippen LogP contribution in [0.5, 0.6) is 11.5 Å². The molecule has 7 nitrogen and oxygen atoms in total.